The summed E-state index contributed by atoms with van der Waals surface area (Å²) in [5, 5.41) is 12.3. The topological polar surface area (TPSA) is 88.5 Å². The fourth-order valence-corrected chi connectivity index (χ4v) is 2.88. The van der Waals surface area contributed by atoms with E-state index < -0.39 is 24.7 Å². The smallest absolute Gasteiger partial charge is 0.329 e. The highest BCUT2D eigenvalue weighted by molar-refractivity contribution is 5.95. The van der Waals surface area contributed by atoms with Gasteiger partial charge in [-0.3, -0.25) is 19.9 Å². The van der Waals surface area contributed by atoms with Crippen LogP contribution in [-0.2, 0) is 11.3 Å². The minimum atomic E-state index is -4.52. The van der Waals surface area contributed by atoms with Crippen molar-refractivity contribution in [1.82, 2.24) is 20.4 Å². The Morgan fingerprint density at radius 1 is 1.07 bits per heavy atom. The first-order valence-corrected chi connectivity index (χ1v) is 8.83. The van der Waals surface area contributed by atoms with Crippen molar-refractivity contribution < 1.29 is 22.8 Å². The summed E-state index contributed by atoms with van der Waals surface area (Å²) in [5.41, 5.74) is 1.70. The van der Waals surface area contributed by atoms with E-state index in [1.165, 1.54) is 0 Å². The molecule has 1 aliphatic heterocycles. The van der Waals surface area contributed by atoms with E-state index in [0.29, 0.717) is 25.2 Å². The van der Waals surface area contributed by atoms with Gasteiger partial charge in [0.25, 0.3) is 0 Å². The minimum Gasteiger partial charge on any atom is -0.329 e. The number of hydrogen-bond acceptors (Lipinski definition) is 5. The zero-order chi connectivity index (χ0) is 20.6. The van der Waals surface area contributed by atoms with Crippen molar-refractivity contribution in [2.45, 2.75) is 19.1 Å². The van der Waals surface area contributed by atoms with Gasteiger partial charge in [0.1, 0.15) is 6.54 Å². The molecule has 152 valence electrons. The van der Waals surface area contributed by atoms with Crippen LogP contribution < -0.4 is 10.6 Å². The quantitative estimate of drug-likeness (QED) is 0.785. The van der Waals surface area contributed by atoms with Crippen LogP contribution in [0, 0.1) is 11.3 Å². The second kappa shape index (κ2) is 10.1. The predicted molar refractivity (Wildman–Crippen MR) is 95.1 cm³/mol. The average Bonchev–Trinajstić information content (AvgIpc) is 2.85. The molecule has 0 saturated carbocycles. The van der Waals surface area contributed by atoms with Crippen LogP contribution in [0.3, 0.4) is 0 Å². The number of nitrogens with one attached hydrogen (secondary N) is 2. The Labute approximate surface area is 161 Å². The summed E-state index contributed by atoms with van der Waals surface area (Å²) in [4.78, 5) is 27.3. The molecule has 0 aromatic heterocycles. The summed E-state index contributed by atoms with van der Waals surface area (Å²) in [6.07, 6.45) is -3.70. The molecule has 10 heteroatoms. The second-order valence-corrected chi connectivity index (χ2v) is 6.56. The molecule has 7 nitrogen and oxygen atoms in total. The predicted octanol–water partition coefficient (Wildman–Crippen LogP) is 1.45. The number of imide groups is 1. The molecule has 0 aliphatic carbocycles. The van der Waals surface area contributed by atoms with Crippen molar-refractivity contribution in [3.8, 4) is 6.07 Å². The molecule has 0 atom stereocenters. The SMILES string of the molecule is N#Cc1ccc(CN2CCCN(CC(=O)NC(=O)NCC(F)(F)F)CC2)cc1. The average molecular weight is 397 g/mol. The summed E-state index contributed by atoms with van der Waals surface area (Å²) in [6.45, 7) is 2.00. The molecule has 1 aromatic rings. The van der Waals surface area contributed by atoms with Crippen molar-refractivity contribution >= 4 is 11.9 Å². The van der Waals surface area contributed by atoms with Crippen LogP contribution in [0.5, 0.6) is 0 Å². The molecule has 1 fully saturated rings. The largest absolute Gasteiger partial charge is 0.405 e. The fraction of sp³-hybridized carbons (Fsp3) is 0.500. The maximum absolute atomic E-state index is 12.0. The number of nitrogens with zero attached hydrogens (tertiary/aromatic N) is 3. The molecule has 1 saturated heterocycles. The number of amides is 3. The number of urea groups is 1. The van der Waals surface area contributed by atoms with E-state index in [2.05, 4.69) is 11.0 Å². The summed E-state index contributed by atoms with van der Waals surface area (Å²) in [7, 11) is 0. The van der Waals surface area contributed by atoms with Gasteiger partial charge in [-0.05, 0) is 37.2 Å². The van der Waals surface area contributed by atoms with Gasteiger partial charge in [-0.25, -0.2) is 4.79 Å². The third kappa shape index (κ3) is 7.94. The monoisotopic (exact) mass is 397 g/mol. The lowest BCUT2D eigenvalue weighted by Gasteiger charge is -2.21. The molecule has 0 bridgehead atoms. The number of rotatable bonds is 5. The number of alkyl halides is 3. The lowest BCUT2D eigenvalue weighted by Crippen LogP contribution is -2.47. The molecule has 1 heterocycles. The molecular weight excluding hydrogens is 375 g/mol. The van der Waals surface area contributed by atoms with E-state index in [1.807, 2.05) is 22.3 Å². The zero-order valence-electron chi connectivity index (χ0n) is 15.3. The number of carbonyl (C=O) groups is 2. The summed E-state index contributed by atoms with van der Waals surface area (Å²) in [5.74, 6) is -0.639. The standard InChI is InChI=1S/C18H22F3N5O2/c19-18(20,21)13-23-17(28)24-16(27)12-26-7-1-6-25(8-9-26)11-15-4-2-14(10-22)3-5-15/h2-5H,1,6-9,11-13H2,(H2,23,24,27,28). The van der Waals surface area contributed by atoms with Crippen molar-refractivity contribution in [2.24, 2.45) is 0 Å². The first-order valence-electron chi connectivity index (χ1n) is 8.83. The van der Waals surface area contributed by atoms with Crippen molar-refractivity contribution in [3.05, 3.63) is 35.4 Å². The van der Waals surface area contributed by atoms with Crippen LogP contribution in [0.15, 0.2) is 24.3 Å². The van der Waals surface area contributed by atoms with E-state index in [-0.39, 0.29) is 6.54 Å². The molecule has 1 aliphatic rings. The van der Waals surface area contributed by atoms with Gasteiger partial charge in [-0.15, -0.1) is 0 Å². The number of nitriles is 1. The molecule has 0 unspecified atom stereocenters. The number of halogens is 3. The van der Waals surface area contributed by atoms with E-state index in [0.717, 1.165) is 25.1 Å². The van der Waals surface area contributed by atoms with Gasteiger partial charge in [-0.1, -0.05) is 12.1 Å². The van der Waals surface area contributed by atoms with E-state index in [4.69, 9.17) is 5.26 Å². The summed E-state index contributed by atoms with van der Waals surface area (Å²) >= 11 is 0. The van der Waals surface area contributed by atoms with Crippen LogP contribution in [-0.4, -0.2) is 67.2 Å². The van der Waals surface area contributed by atoms with Crippen LogP contribution in [0.25, 0.3) is 0 Å². The Morgan fingerprint density at radius 3 is 2.36 bits per heavy atom. The van der Waals surface area contributed by atoms with Crippen LogP contribution >= 0.6 is 0 Å². The van der Waals surface area contributed by atoms with Gasteiger partial charge in [0.15, 0.2) is 0 Å². The van der Waals surface area contributed by atoms with Crippen molar-refractivity contribution in [3.63, 3.8) is 0 Å². The lowest BCUT2D eigenvalue weighted by molar-refractivity contribution is -0.125. The third-order valence-electron chi connectivity index (χ3n) is 4.24. The van der Waals surface area contributed by atoms with E-state index in [1.54, 1.807) is 17.4 Å². The van der Waals surface area contributed by atoms with Gasteiger partial charge in [0.05, 0.1) is 18.2 Å². The Bertz CT molecular complexity index is 715. The lowest BCUT2D eigenvalue weighted by atomic mass is 10.1. The summed E-state index contributed by atoms with van der Waals surface area (Å²) < 4.78 is 36.1. The fourth-order valence-electron chi connectivity index (χ4n) is 2.88. The van der Waals surface area contributed by atoms with Crippen LogP contribution in [0.1, 0.15) is 17.5 Å². The highest BCUT2D eigenvalue weighted by atomic mass is 19.4. The van der Waals surface area contributed by atoms with Gasteiger partial charge in [0.2, 0.25) is 5.91 Å². The molecule has 28 heavy (non-hydrogen) atoms. The minimum absolute atomic E-state index is 0.0514. The Hall–Kier alpha value is -2.64. The van der Waals surface area contributed by atoms with Gasteiger partial charge in [0, 0.05) is 19.6 Å². The molecule has 0 spiro atoms. The number of carbonyl (C=O) groups excluding carboxylic acids is 2. The summed E-state index contributed by atoms with van der Waals surface area (Å²) in [6, 6.07) is 8.29. The third-order valence-corrected chi connectivity index (χ3v) is 4.24. The first-order chi connectivity index (χ1) is 13.2. The van der Waals surface area contributed by atoms with E-state index >= 15 is 0 Å². The molecule has 2 rings (SSSR count). The van der Waals surface area contributed by atoms with Gasteiger partial charge in [-0.2, -0.15) is 18.4 Å². The molecule has 1 aromatic carbocycles. The van der Waals surface area contributed by atoms with Crippen LogP contribution in [0.2, 0.25) is 0 Å². The normalized spacial score (nSPS) is 16.1. The van der Waals surface area contributed by atoms with Gasteiger partial charge < -0.3 is 5.32 Å². The van der Waals surface area contributed by atoms with Crippen LogP contribution in [0.4, 0.5) is 18.0 Å². The van der Waals surface area contributed by atoms with Crippen molar-refractivity contribution in [2.75, 3.05) is 39.3 Å². The van der Waals surface area contributed by atoms with E-state index in [9.17, 15) is 22.8 Å². The Balaban J connectivity index is 1.74. The Kier molecular flexibility index (Phi) is 7.78. The highest BCUT2D eigenvalue weighted by Crippen LogP contribution is 2.12. The second-order valence-electron chi connectivity index (χ2n) is 6.56. The maximum Gasteiger partial charge on any atom is 0.405 e. The molecule has 0 radical (unpaired) electrons. The molecule has 2 N–H and O–H groups in total. The van der Waals surface area contributed by atoms with Gasteiger partial charge >= 0.3 is 12.2 Å². The highest BCUT2D eigenvalue weighted by Gasteiger charge is 2.28. The maximum atomic E-state index is 12.0. The molecular formula is C18H22F3N5O2. The number of benzene rings is 1. The zero-order valence-corrected chi connectivity index (χ0v) is 15.3. The van der Waals surface area contributed by atoms with Crippen molar-refractivity contribution in [1.29, 1.82) is 5.26 Å². The molecule has 3 amide bonds. The first kappa shape index (κ1) is 21.7. The Morgan fingerprint density at radius 2 is 1.71 bits per heavy atom. The number of hydrogen-bond donors (Lipinski definition) is 2.